The van der Waals surface area contributed by atoms with Crippen LogP contribution in [-0.4, -0.2) is 47.8 Å². The topological polar surface area (TPSA) is 78.5 Å². The van der Waals surface area contributed by atoms with E-state index in [0.29, 0.717) is 37.1 Å². The Morgan fingerprint density at radius 3 is 1.91 bits per heavy atom. The molecule has 2 aromatic carbocycles. The monoisotopic (exact) mass is 449 g/mol. The predicted molar refractivity (Wildman–Crippen MR) is 130 cm³/mol. The Morgan fingerprint density at radius 2 is 1.39 bits per heavy atom. The number of aryl methyl sites for hydroxylation is 2. The first kappa shape index (κ1) is 24.5. The molecule has 6 heteroatoms. The predicted octanol–water partition coefficient (Wildman–Crippen LogP) is 3.87. The van der Waals surface area contributed by atoms with E-state index in [9.17, 15) is 14.4 Å². The molecule has 0 aromatic heterocycles. The molecular formula is C27H35N3O3. The summed E-state index contributed by atoms with van der Waals surface area (Å²) in [5.41, 5.74) is 3.40. The van der Waals surface area contributed by atoms with E-state index in [1.165, 1.54) is 0 Å². The van der Waals surface area contributed by atoms with E-state index >= 15 is 0 Å². The van der Waals surface area contributed by atoms with Crippen LogP contribution in [-0.2, 0) is 4.79 Å². The van der Waals surface area contributed by atoms with Crippen LogP contribution in [0.2, 0.25) is 0 Å². The van der Waals surface area contributed by atoms with Crippen molar-refractivity contribution in [2.45, 2.75) is 59.0 Å². The Hall–Kier alpha value is -3.15. The molecule has 1 fully saturated rings. The number of carbonyl (C=O) groups is 3. The molecule has 0 bridgehead atoms. The van der Waals surface area contributed by atoms with Crippen molar-refractivity contribution >= 4 is 17.7 Å². The quantitative estimate of drug-likeness (QED) is 0.674. The van der Waals surface area contributed by atoms with E-state index in [1.54, 1.807) is 12.1 Å². The second-order valence-electron chi connectivity index (χ2n) is 9.13. The summed E-state index contributed by atoms with van der Waals surface area (Å²) in [5, 5.41) is 6.00. The summed E-state index contributed by atoms with van der Waals surface area (Å²) in [4.78, 5) is 40.7. The van der Waals surface area contributed by atoms with E-state index in [2.05, 4.69) is 10.6 Å². The van der Waals surface area contributed by atoms with Gasteiger partial charge in [-0.15, -0.1) is 0 Å². The summed E-state index contributed by atoms with van der Waals surface area (Å²) in [7, 11) is 0. The molecule has 2 atom stereocenters. The maximum Gasteiger partial charge on any atom is 0.253 e. The van der Waals surface area contributed by atoms with Gasteiger partial charge in [-0.2, -0.15) is 0 Å². The van der Waals surface area contributed by atoms with E-state index in [0.717, 1.165) is 17.5 Å². The number of nitrogens with zero attached hydrogens (tertiary/aromatic N) is 1. The third-order valence-corrected chi connectivity index (χ3v) is 6.48. The second kappa shape index (κ2) is 11.1. The van der Waals surface area contributed by atoms with Crippen molar-refractivity contribution in [3.8, 4) is 0 Å². The number of carbonyl (C=O) groups excluding carboxylic acids is 3. The Morgan fingerprint density at radius 1 is 0.879 bits per heavy atom. The van der Waals surface area contributed by atoms with Gasteiger partial charge in [-0.3, -0.25) is 14.4 Å². The van der Waals surface area contributed by atoms with Crippen LogP contribution >= 0.6 is 0 Å². The summed E-state index contributed by atoms with van der Waals surface area (Å²) in [5.74, 6) is -0.436. The lowest BCUT2D eigenvalue weighted by atomic mass is 9.88. The lowest BCUT2D eigenvalue weighted by molar-refractivity contribution is -0.125. The van der Waals surface area contributed by atoms with Crippen LogP contribution in [0.25, 0.3) is 0 Å². The van der Waals surface area contributed by atoms with Crippen LogP contribution in [0.15, 0.2) is 48.5 Å². The van der Waals surface area contributed by atoms with E-state index in [-0.39, 0.29) is 29.7 Å². The standard InChI is InChI=1S/C27H35N3O3/c1-5-20(4)28-26(32)24(29-25(31)22-10-6-18(2)7-11-22)21-14-16-30(17-15-21)27(33)23-12-8-19(3)9-13-23/h6-13,20-21,24H,5,14-17H2,1-4H3,(H,28,32)(H,29,31)/t20-,24-/m1/s1. The fraction of sp³-hybridized carbons (Fsp3) is 0.444. The summed E-state index contributed by atoms with van der Waals surface area (Å²) in [6.45, 7) is 9.06. The molecule has 0 spiro atoms. The maximum absolute atomic E-state index is 13.1. The van der Waals surface area contributed by atoms with Crippen LogP contribution in [0.1, 0.15) is 65.0 Å². The molecule has 0 saturated carbocycles. The van der Waals surface area contributed by atoms with Gasteiger partial charge in [0.05, 0.1) is 0 Å². The van der Waals surface area contributed by atoms with Gasteiger partial charge in [0.25, 0.3) is 11.8 Å². The highest BCUT2D eigenvalue weighted by Crippen LogP contribution is 2.23. The normalized spacial score (nSPS) is 16.1. The average Bonchev–Trinajstić information content (AvgIpc) is 2.82. The molecular weight excluding hydrogens is 414 g/mol. The van der Waals surface area contributed by atoms with Gasteiger partial charge in [-0.25, -0.2) is 0 Å². The molecule has 1 aliphatic heterocycles. The highest BCUT2D eigenvalue weighted by molar-refractivity contribution is 5.98. The lowest BCUT2D eigenvalue weighted by Gasteiger charge is -2.36. The SMILES string of the molecule is CC[C@@H](C)NC(=O)[C@H](NC(=O)c1ccc(C)cc1)C1CCN(C(=O)c2ccc(C)cc2)CC1. The average molecular weight is 450 g/mol. The zero-order chi connectivity index (χ0) is 24.0. The number of amides is 3. The Balaban J connectivity index is 1.69. The second-order valence-corrected chi connectivity index (χ2v) is 9.13. The van der Waals surface area contributed by atoms with Gasteiger partial charge in [0.2, 0.25) is 5.91 Å². The van der Waals surface area contributed by atoms with Gasteiger partial charge >= 0.3 is 0 Å². The molecule has 3 amide bonds. The molecule has 6 nitrogen and oxygen atoms in total. The Bertz CT molecular complexity index is 961. The zero-order valence-electron chi connectivity index (χ0n) is 20.1. The number of hydrogen-bond acceptors (Lipinski definition) is 3. The molecule has 0 unspecified atom stereocenters. The molecule has 2 N–H and O–H groups in total. The zero-order valence-corrected chi connectivity index (χ0v) is 20.1. The van der Waals surface area contributed by atoms with Crippen LogP contribution in [0, 0.1) is 19.8 Å². The van der Waals surface area contributed by atoms with Crippen molar-refractivity contribution in [3.05, 3.63) is 70.8 Å². The first-order valence-electron chi connectivity index (χ1n) is 11.8. The van der Waals surface area contributed by atoms with Crippen molar-refractivity contribution in [1.29, 1.82) is 0 Å². The largest absolute Gasteiger partial charge is 0.352 e. The van der Waals surface area contributed by atoms with Gasteiger partial charge < -0.3 is 15.5 Å². The molecule has 0 radical (unpaired) electrons. The maximum atomic E-state index is 13.1. The molecule has 2 aromatic rings. The first-order valence-corrected chi connectivity index (χ1v) is 11.8. The Kier molecular flexibility index (Phi) is 8.26. The molecule has 176 valence electrons. The minimum Gasteiger partial charge on any atom is -0.352 e. The molecule has 1 saturated heterocycles. The third-order valence-electron chi connectivity index (χ3n) is 6.48. The number of benzene rings is 2. The number of nitrogens with one attached hydrogen (secondary N) is 2. The molecule has 33 heavy (non-hydrogen) atoms. The number of likely N-dealkylation sites (tertiary alicyclic amines) is 1. The van der Waals surface area contributed by atoms with Crippen molar-refractivity contribution < 1.29 is 14.4 Å². The molecule has 1 aliphatic rings. The van der Waals surface area contributed by atoms with Crippen LogP contribution in [0.4, 0.5) is 0 Å². The summed E-state index contributed by atoms with van der Waals surface area (Å²) < 4.78 is 0. The Labute approximate surface area is 196 Å². The van der Waals surface area contributed by atoms with E-state index in [1.807, 2.05) is 69.0 Å². The van der Waals surface area contributed by atoms with Crippen LogP contribution in [0.5, 0.6) is 0 Å². The van der Waals surface area contributed by atoms with Gasteiger partial charge in [0.1, 0.15) is 6.04 Å². The first-order chi connectivity index (χ1) is 15.8. The smallest absolute Gasteiger partial charge is 0.253 e. The van der Waals surface area contributed by atoms with Gasteiger partial charge in [-0.05, 0) is 70.2 Å². The summed E-state index contributed by atoms with van der Waals surface area (Å²) >= 11 is 0. The van der Waals surface area contributed by atoms with Crippen molar-refractivity contribution in [1.82, 2.24) is 15.5 Å². The molecule has 1 heterocycles. The summed E-state index contributed by atoms with van der Waals surface area (Å²) in [6.07, 6.45) is 2.13. The highest BCUT2D eigenvalue weighted by Gasteiger charge is 2.34. The molecule has 0 aliphatic carbocycles. The van der Waals surface area contributed by atoms with Gasteiger partial charge in [-0.1, -0.05) is 42.3 Å². The van der Waals surface area contributed by atoms with Crippen molar-refractivity contribution in [2.24, 2.45) is 5.92 Å². The van der Waals surface area contributed by atoms with Crippen LogP contribution in [0.3, 0.4) is 0 Å². The van der Waals surface area contributed by atoms with E-state index < -0.39 is 6.04 Å². The van der Waals surface area contributed by atoms with Crippen molar-refractivity contribution in [3.63, 3.8) is 0 Å². The number of rotatable bonds is 7. The molecule has 3 rings (SSSR count). The highest BCUT2D eigenvalue weighted by atomic mass is 16.2. The fourth-order valence-electron chi connectivity index (χ4n) is 4.08. The third kappa shape index (κ3) is 6.44. The van der Waals surface area contributed by atoms with Crippen LogP contribution < -0.4 is 10.6 Å². The minimum absolute atomic E-state index is 0.0118. The van der Waals surface area contributed by atoms with E-state index in [4.69, 9.17) is 0 Å². The van der Waals surface area contributed by atoms with Gasteiger partial charge in [0, 0.05) is 30.3 Å². The van der Waals surface area contributed by atoms with Crippen molar-refractivity contribution in [2.75, 3.05) is 13.1 Å². The van der Waals surface area contributed by atoms with Gasteiger partial charge in [0.15, 0.2) is 0 Å². The fourth-order valence-corrected chi connectivity index (χ4v) is 4.08. The minimum atomic E-state index is -0.635. The number of piperidine rings is 1. The lowest BCUT2D eigenvalue weighted by Crippen LogP contribution is -2.55. The number of hydrogen-bond donors (Lipinski definition) is 2. The summed E-state index contributed by atoms with van der Waals surface area (Å²) in [6, 6.07) is 14.3.